The van der Waals surface area contributed by atoms with Crippen LogP contribution in [0.4, 0.5) is 0 Å². The minimum atomic E-state index is -0.120. The molecule has 0 aromatic carbocycles. The molecule has 0 spiro atoms. The van der Waals surface area contributed by atoms with Gasteiger partial charge in [-0.05, 0) is 56.3 Å². The molecule has 2 amide bonds. The number of hydrogen-bond donors (Lipinski definition) is 1. The molecule has 4 aliphatic rings. The molecule has 0 radical (unpaired) electrons. The maximum Gasteiger partial charge on any atom is 0.247 e. The van der Waals surface area contributed by atoms with Crippen molar-refractivity contribution in [3.63, 3.8) is 0 Å². The van der Waals surface area contributed by atoms with E-state index in [2.05, 4.69) is 5.32 Å². The lowest BCUT2D eigenvalue weighted by Crippen LogP contribution is -2.53. The third-order valence-electron chi connectivity index (χ3n) is 5.77. The summed E-state index contributed by atoms with van der Waals surface area (Å²) in [5.74, 6) is 2.38. The van der Waals surface area contributed by atoms with E-state index >= 15 is 0 Å². The van der Waals surface area contributed by atoms with Crippen LogP contribution in [0, 0.1) is 23.2 Å². The predicted octanol–water partition coefficient (Wildman–Crippen LogP) is 1.73. The van der Waals surface area contributed by atoms with Gasteiger partial charge in [0.1, 0.15) is 0 Å². The Morgan fingerprint density at radius 3 is 2.14 bits per heavy atom. The molecule has 5 heteroatoms. The van der Waals surface area contributed by atoms with E-state index in [1.165, 1.54) is 31.4 Å². The third kappa shape index (κ3) is 2.80. The van der Waals surface area contributed by atoms with Crippen molar-refractivity contribution in [2.24, 2.45) is 23.2 Å². The Morgan fingerprint density at radius 1 is 1.14 bits per heavy atom. The fourth-order valence-electron chi connectivity index (χ4n) is 5.12. The molecule has 1 N–H and O–H groups in total. The summed E-state index contributed by atoms with van der Waals surface area (Å²) >= 11 is 0. The topological polar surface area (TPSA) is 58.6 Å². The van der Waals surface area contributed by atoms with Gasteiger partial charge in [0.25, 0.3) is 0 Å². The zero-order valence-corrected chi connectivity index (χ0v) is 13.1. The standard InChI is InChI=1S/C16H26N2O3/c1-18(21-2)14(19)3-4-17-15(20)16-8-11-5-12(9-16)7-13(6-11)10-16/h11-13H,3-10H2,1-2H3,(H,17,20). The van der Waals surface area contributed by atoms with E-state index in [1.54, 1.807) is 7.05 Å². The van der Waals surface area contributed by atoms with Gasteiger partial charge >= 0.3 is 0 Å². The highest BCUT2D eigenvalue weighted by Crippen LogP contribution is 2.60. The number of carbonyl (C=O) groups is 2. The lowest BCUT2D eigenvalue weighted by Gasteiger charge is -2.55. The highest BCUT2D eigenvalue weighted by Gasteiger charge is 2.54. The van der Waals surface area contributed by atoms with Crippen molar-refractivity contribution in [1.29, 1.82) is 0 Å². The van der Waals surface area contributed by atoms with Crippen LogP contribution in [0.5, 0.6) is 0 Å². The van der Waals surface area contributed by atoms with Gasteiger partial charge in [-0.1, -0.05) is 0 Å². The first-order chi connectivity index (χ1) is 10.0. The molecule has 0 aliphatic heterocycles. The molecule has 0 saturated heterocycles. The summed E-state index contributed by atoms with van der Waals surface area (Å²) in [5.41, 5.74) is -0.120. The Kier molecular flexibility index (Phi) is 3.95. The van der Waals surface area contributed by atoms with Crippen molar-refractivity contribution in [3.8, 4) is 0 Å². The van der Waals surface area contributed by atoms with E-state index in [1.807, 2.05) is 0 Å². The average molecular weight is 294 g/mol. The molecule has 4 fully saturated rings. The molecule has 0 atom stereocenters. The lowest BCUT2D eigenvalue weighted by atomic mass is 9.49. The third-order valence-corrected chi connectivity index (χ3v) is 5.77. The predicted molar refractivity (Wildman–Crippen MR) is 78.0 cm³/mol. The van der Waals surface area contributed by atoms with E-state index < -0.39 is 0 Å². The normalized spacial score (nSPS) is 36.6. The van der Waals surface area contributed by atoms with Crippen LogP contribution < -0.4 is 5.32 Å². The Morgan fingerprint density at radius 2 is 1.67 bits per heavy atom. The number of hydroxylamine groups is 2. The summed E-state index contributed by atoms with van der Waals surface area (Å²) in [6.07, 6.45) is 7.50. The van der Waals surface area contributed by atoms with Gasteiger partial charge in [-0.3, -0.25) is 14.4 Å². The second-order valence-electron chi connectivity index (χ2n) is 7.28. The van der Waals surface area contributed by atoms with Crippen molar-refractivity contribution in [2.75, 3.05) is 20.7 Å². The van der Waals surface area contributed by atoms with Crippen LogP contribution >= 0.6 is 0 Å². The van der Waals surface area contributed by atoms with Crippen molar-refractivity contribution in [2.45, 2.75) is 44.9 Å². The number of hydrogen-bond acceptors (Lipinski definition) is 3. The summed E-state index contributed by atoms with van der Waals surface area (Å²) in [5, 5.41) is 4.21. The minimum absolute atomic E-state index is 0.108. The second-order valence-corrected chi connectivity index (χ2v) is 7.28. The van der Waals surface area contributed by atoms with Crippen LogP contribution in [0.2, 0.25) is 0 Å². The van der Waals surface area contributed by atoms with Gasteiger partial charge in [0.2, 0.25) is 11.8 Å². The first-order valence-electron chi connectivity index (χ1n) is 8.11. The molecule has 4 bridgehead atoms. The maximum atomic E-state index is 12.7. The van der Waals surface area contributed by atoms with Crippen molar-refractivity contribution in [1.82, 2.24) is 10.4 Å². The van der Waals surface area contributed by atoms with Gasteiger partial charge in [0.15, 0.2) is 0 Å². The number of rotatable bonds is 5. The fourth-order valence-corrected chi connectivity index (χ4v) is 5.12. The van der Waals surface area contributed by atoms with Gasteiger partial charge in [0.05, 0.1) is 7.11 Å². The smallest absolute Gasteiger partial charge is 0.247 e. The molecular weight excluding hydrogens is 268 g/mol. The lowest BCUT2D eigenvalue weighted by molar-refractivity contribution is -0.168. The maximum absolute atomic E-state index is 12.7. The number of amides is 2. The summed E-state index contributed by atoms with van der Waals surface area (Å²) < 4.78 is 0. The summed E-state index contributed by atoms with van der Waals surface area (Å²) in [4.78, 5) is 29.1. The van der Waals surface area contributed by atoms with E-state index in [0.717, 1.165) is 37.0 Å². The second kappa shape index (κ2) is 5.59. The van der Waals surface area contributed by atoms with Gasteiger partial charge in [0, 0.05) is 25.4 Å². The van der Waals surface area contributed by atoms with Gasteiger partial charge in [-0.2, -0.15) is 0 Å². The van der Waals surface area contributed by atoms with Crippen molar-refractivity contribution < 1.29 is 14.4 Å². The Labute approximate surface area is 126 Å². The van der Waals surface area contributed by atoms with Gasteiger partial charge in [-0.25, -0.2) is 5.06 Å². The molecular formula is C16H26N2O3. The molecule has 4 aliphatic carbocycles. The molecule has 21 heavy (non-hydrogen) atoms. The van der Waals surface area contributed by atoms with E-state index in [0.29, 0.717) is 13.0 Å². The Bertz CT molecular complexity index is 400. The Hall–Kier alpha value is -1.10. The molecule has 0 heterocycles. The first-order valence-corrected chi connectivity index (χ1v) is 8.11. The van der Waals surface area contributed by atoms with Crippen LogP contribution in [0.15, 0.2) is 0 Å². The largest absolute Gasteiger partial charge is 0.355 e. The van der Waals surface area contributed by atoms with E-state index in [9.17, 15) is 9.59 Å². The van der Waals surface area contributed by atoms with Gasteiger partial charge < -0.3 is 5.32 Å². The van der Waals surface area contributed by atoms with E-state index in [-0.39, 0.29) is 17.2 Å². The first kappa shape index (κ1) is 14.8. The molecule has 118 valence electrons. The molecule has 0 aromatic heterocycles. The van der Waals surface area contributed by atoms with Crippen LogP contribution in [-0.2, 0) is 14.4 Å². The number of nitrogens with zero attached hydrogens (tertiary/aromatic N) is 1. The monoisotopic (exact) mass is 294 g/mol. The average Bonchev–Trinajstić information content (AvgIpc) is 2.44. The van der Waals surface area contributed by atoms with Crippen molar-refractivity contribution in [3.05, 3.63) is 0 Å². The Balaban J connectivity index is 1.53. The van der Waals surface area contributed by atoms with Crippen LogP contribution in [-0.4, -0.2) is 37.6 Å². The minimum Gasteiger partial charge on any atom is -0.355 e. The molecule has 4 saturated carbocycles. The summed E-state index contributed by atoms with van der Waals surface area (Å²) in [6, 6.07) is 0. The molecule has 4 rings (SSSR count). The quantitative estimate of drug-likeness (QED) is 0.786. The van der Waals surface area contributed by atoms with Crippen LogP contribution in [0.3, 0.4) is 0 Å². The zero-order chi connectivity index (χ0) is 15.0. The molecule has 5 nitrogen and oxygen atoms in total. The van der Waals surface area contributed by atoms with Crippen LogP contribution in [0.25, 0.3) is 0 Å². The summed E-state index contributed by atoms with van der Waals surface area (Å²) in [7, 11) is 3.05. The SMILES string of the molecule is CON(C)C(=O)CCNC(=O)C12CC3CC(CC(C3)C1)C2. The summed E-state index contributed by atoms with van der Waals surface area (Å²) in [6.45, 7) is 0.410. The van der Waals surface area contributed by atoms with E-state index in [4.69, 9.17) is 4.84 Å². The fraction of sp³-hybridized carbons (Fsp3) is 0.875. The molecule has 0 unspecified atom stereocenters. The van der Waals surface area contributed by atoms with Gasteiger partial charge in [-0.15, -0.1) is 0 Å². The highest BCUT2D eigenvalue weighted by molar-refractivity contribution is 5.84. The van der Waals surface area contributed by atoms with Crippen LogP contribution in [0.1, 0.15) is 44.9 Å². The van der Waals surface area contributed by atoms with Crippen molar-refractivity contribution >= 4 is 11.8 Å². The number of carbonyl (C=O) groups excluding carboxylic acids is 2. The zero-order valence-electron chi connectivity index (χ0n) is 13.1. The molecule has 0 aromatic rings. The number of nitrogens with one attached hydrogen (secondary N) is 1. The highest BCUT2D eigenvalue weighted by atomic mass is 16.7.